The Labute approximate surface area is 197 Å². The van der Waals surface area contributed by atoms with E-state index in [1.165, 1.54) is 41.7 Å². The van der Waals surface area contributed by atoms with Crippen LogP contribution in [0.5, 0.6) is 0 Å². The first-order chi connectivity index (χ1) is 15.9. The van der Waals surface area contributed by atoms with Gasteiger partial charge in [-0.25, -0.2) is 16.8 Å². The van der Waals surface area contributed by atoms with Crippen molar-refractivity contribution in [2.45, 2.75) is 22.6 Å². The molecule has 34 heavy (non-hydrogen) atoms. The Hall–Kier alpha value is -3.09. The molecule has 2 aromatic rings. The molecule has 1 saturated heterocycles. The van der Waals surface area contributed by atoms with Gasteiger partial charge in [-0.15, -0.1) is 0 Å². The Bertz CT molecular complexity index is 1390. The second-order valence-corrected chi connectivity index (χ2v) is 12.3. The van der Waals surface area contributed by atoms with Gasteiger partial charge in [0.05, 0.1) is 26.6 Å². The number of anilines is 1. The maximum Gasteiger partial charge on any atom is 0.263 e. The van der Waals surface area contributed by atoms with E-state index < -0.39 is 37.6 Å². The molecule has 180 valence electrons. The molecule has 2 aliphatic rings. The Morgan fingerprint density at radius 3 is 2.09 bits per heavy atom. The number of carbonyl (C=O) groups excluding carboxylic acids is 3. The van der Waals surface area contributed by atoms with E-state index in [0.29, 0.717) is 0 Å². The van der Waals surface area contributed by atoms with Gasteiger partial charge >= 0.3 is 0 Å². The molecule has 4 rings (SSSR count). The number of imide groups is 1. The number of fused-ring (bicyclic) bond motifs is 1. The number of sulfonamides is 1. The van der Waals surface area contributed by atoms with E-state index in [9.17, 15) is 31.2 Å². The lowest BCUT2D eigenvalue weighted by Crippen LogP contribution is -2.41. The minimum atomic E-state index is -3.84. The van der Waals surface area contributed by atoms with Gasteiger partial charge < -0.3 is 5.32 Å². The Balaban J connectivity index is 1.43. The van der Waals surface area contributed by atoms with Crippen LogP contribution in [0.3, 0.4) is 0 Å². The molecule has 3 amide bonds. The molecule has 2 aliphatic heterocycles. The number of sulfone groups is 1. The number of nitrogens with zero attached hydrogens (tertiary/aromatic N) is 2. The third-order valence-corrected chi connectivity index (χ3v) is 9.13. The maximum absolute atomic E-state index is 12.9. The smallest absolute Gasteiger partial charge is 0.263 e. The highest BCUT2D eigenvalue weighted by atomic mass is 32.2. The fraction of sp³-hybridized carbons (Fsp3) is 0.318. The van der Waals surface area contributed by atoms with Crippen molar-refractivity contribution in [3.05, 3.63) is 53.6 Å². The number of carbonyl (C=O) groups is 3. The van der Waals surface area contributed by atoms with Crippen molar-refractivity contribution in [2.24, 2.45) is 5.92 Å². The summed E-state index contributed by atoms with van der Waals surface area (Å²) in [6.07, 6.45) is 1.59. The first kappa shape index (κ1) is 24.0. The fourth-order valence-corrected chi connectivity index (χ4v) is 6.21. The minimum Gasteiger partial charge on any atom is -0.325 e. The second-order valence-electron chi connectivity index (χ2n) is 8.31. The molecule has 1 N–H and O–H groups in total. The molecular weight excluding hydrogens is 482 g/mol. The molecule has 2 aromatic carbocycles. The first-order valence-electron chi connectivity index (χ1n) is 10.5. The van der Waals surface area contributed by atoms with E-state index in [4.69, 9.17) is 0 Å². The van der Waals surface area contributed by atoms with Crippen LogP contribution in [0.15, 0.2) is 52.3 Å². The summed E-state index contributed by atoms with van der Waals surface area (Å²) < 4.78 is 50.4. The molecule has 0 aliphatic carbocycles. The molecule has 0 radical (unpaired) electrons. The van der Waals surface area contributed by atoms with E-state index >= 15 is 0 Å². The van der Waals surface area contributed by atoms with Crippen molar-refractivity contribution < 1.29 is 31.2 Å². The van der Waals surface area contributed by atoms with Crippen LogP contribution in [0.4, 0.5) is 5.69 Å². The SMILES string of the molecule is CN1C(=O)c2cccc(NC(=O)C3CCN(S(=O)(=O)c4ccc(S(C)(=O)=O)cc4)CC3)c2C1=O. The summed E-state index contributed by atoms with van der Waals surface area (Å²) in [6.45, 7) is 0.225. The number of nitrogens with one attached hydrogen (secondary N) is 1. The Morgan fingerprint density at radius 2 is 1.50 bits per heavy atom. The number of amides is 3. The monoisotopic (exact) mass is 505 g/mol. The summed E-state index contributed by atoms with van der Waals surface area (Å²) in [5.41, 5.74) is 0.639. The molecule has 0 aromatic heterocycles. The molecule has 12 heteroatoms. The van der Waals surface area contributed by atoms with Gasteiger partial charge in [0, 0.05) is 32.3 Å². The van der Waals surface area contributed by atoms with Crippen molar-refractivity contribution in [2.75, 3.05) is 31.7 Å². The summed E-state index contributed by atoms with van der Waals surface area (Å²) in [7, 11) is -5.91. The minimum absolute atomic E-state index is 0.0186. The average Bonchev–Trinajstić information content (AvgIpc) is 3.03. The predicted octanol–water partition coefficient (Wildman–Crippen LogP) is 1.36. The largest absolute Gasteiger partial charge is 0.325 e. The van der Waals surface area contributed by atoms with Gasteiger partial charge in [0.25, 0.3) is 11.8 Å². The van der Waals surface area contributed by atoms with Crippen LogP contribution in [-0.4, -0.2) is 70.2 Å². The van der Waals surface area contributed by atoms with Gasteiger partial charge in [-0.1, -0.05) is 6.07 Å². The fourth-order valence-electron chi connectivity index (χ4n) is 4.11. The quantitative estimate of drug-likeness (QED) is 0.606. The van der Waals surface area contributed by atoms with Crippen LogP contribution in [0.1, 0.15) is 33.6 Å². The lowest BCUT2D eigenvalue weighted by Gasteiger charge is -2.30. The summed E-state index contributed by atoms with van der Waals surface area (Å²) in [5.74, 6) is -1.74. The van der Waals surface area contributed by atoms with Gasteiger partial charge in [-0.2, -0.15) is 4.31 Å². The van der Waals surface area contributed by atoms with Crippen molar-refractivity contribution in [1.82, 2.24) is 9.21 Å². The standard InChI is InChI=1S/C22H23N3O7S2/c1-24-21(27)17-4-3-5-18(19(17)22(24)28)23-20(26)14-10-12-25(13-11-14)34(31,32)16-8-6-15(7-9-16)33(2,29)30/h3-9,14H,10-13H2,1-2H3,(H,23,26). The highest BCUT2D eigenvalue weighted by Gasteiger charge is 2.36. The zero-order chi connectivity index (χ0) is 24.8. The summed E-state index contributed by atoms with van der Waals surface area (Å²) >= 11 is 0. The lowest BCUT2D eigenvalue weighted by atomic mass is 9.96. The maximum atomic E-state index is 12.9. The molecule has 2 heterocycles. The Morgan fingerprint density at radius 1 is 0.912 bits per heavy atom. The van der Waals surface area contributed by atoms with Crippen molar-refractivity contribution in [3.8, 4) is 0 Å². The Kier molecular flexibility index (Phi) is 6.08. The average molecular weight is 506 g/mol. The summed E-state index contributed by atoms with van der Waals surface area (Å²) in [5, 5.41) is 2.73. The zero-order valence-corrected chi connectivity index (χ0v) is 20.1. The van der Waals surface area contributed by atoms with E-state index in [0.717, 1.165) is 11.2 Å². The van der Waals surface area contributed by atoms with Gasteiger partial charge in [0.1, 0.15) is 0 Å². The highest BCUT2D eigenvalue weighted by Crippen LogP contribution is 2.30. The van der Waals surface area contributed by atoms with Gasteiger partial charge in [-0.05, 0) is 49.2 Å². The number of rotatable bonds is 5. The molecule has 0 atom stereocenters. The van der Waals surface area contributed by atoms with Crippen LogP contribution in [0.2, 0.25) is 0 Å². The van der Waals surface area contributed by atoms with Crippen LogP contribution in [0, 0.1) is 5.92 Å². The van der Waals surface area contributed by atoms with Crippen molar-refractivity contribution >= 4 is 43.3 Å². The number of hydrogen-bond donors (Lipinski definition) is 1. The predicted molar refractivity (Wildman–Crippen MR) is 123 cm³/mol. The van der Waals surface area contributed by atoms with E-state index in [1.807, 2.05) is 0 Å². The van der Waals surface area contributed by atoms with Gasteiger partial charge in [0.15, 0.2) is 9.84 Å². The third-order valence-electron chi connectivity index (χ3n) is 6.09. The number of piperidine rings is 1. The van der Waals surface area contributed by atoms with Crippen LogP contribution in [-0.2, 0) is 24.7 Å². The summed E-state index contributed by atoms with van der Waals surface area (Å²) in [4.78, 5) is 38.4. The molecule has 0 spiro atoms. The topological polar surface area (TPSA) is 138 Å². The molecule has 0 unspecified atom stereocenters. The van der Waals surface area contributed by atoms with Crippen LogP contribution < -0.4 is 5.32 Å². The molecule has 0 saturated carbocycles. The van der Waals surface area contributed by atoms with Crippen molar-refractivity contribution in [1.29, 1.82) is 0 Å². The normalized spacial score (nSPS) is 17.6. The van der Waals surface area contributed by atoms with Crippen LogP contribution in [0.25, 0.3) is 0 Å². The highest BCUT2D eigenvalue weighted by molar-refractivity contribution is 7.90. The third kappa shape index (κ3) is 4.24. The van der Waals surface area contributed by atoms with Crippen LogP contribution >= 0.6 is 0 Å². The lowest BCUT2D eigenvalue weighted by molar-refractivity contribution is -0.120. The molecule has 1 fully saturated rings. The summed E-state index contributed by atoms with van der Waals surface area (Å²) in [6, 6.07) is 9.70. The van der Waals surface area contributed by atoms with E-state index in [2.05, 4.69) is 5.32 Å². The number of hydrogen-bond acceptors (Lipinski definition) is 7. The molecular formula is C22H23N3O7S2. The molecule has 10 nitrogen and oxygen atoms in total. The van der Waals surface area contributed by atoms with Gasteiger partial charge in [-0.3, -0.25) is 19.3 Å². The first-order valence-corrected chi connectivity index (χ1v) is 13.8. The second kappa shape index (κ2) is 8.60. The van der Waals surface area contributed by atoms with Gasteiger partial charge in [0.2, 0.25) is 15.9 Å². The van der Waals surface area contributed by atoms with E-state index in [-0.39, 0.29) is 58.4 Å². The molecule has 0 bridgehead atoms. The number of benzene rings is 2. The van der Waals surface area contributed by atoms with Crippen molar-refractivity contribution in [3.63, 3.8) is 0 Å². The zero-order valence-electron chi connectivity index (χ0n) is 18.5. The van der Waals surface area contributed by atoms with E-state index in [1.54, 1.807) is 12.1 Å².